The lowest BCUT2D eigenvalue weighted by Gasteiger charge is -2.14. The van der Waals surface area contributed by atoms with Crippen molar-refractivity contribution in [1.82, 2.24) is 15.0 Å². The quantitative estimate of drug-likeness (QED) is 0.689. The highest BCUT2D eigenvalue weighted by molar-refractivity contribution is 5.36. The van der Waals surface area contributed by atoms with E-state index in [4.69, 9.17) is 9.47 Å². The van der Waals surface area contributed by atoms with E-state index in [9.17, 15) is 0 Å². The average molecular weight is 283 g/mol. The molecule has 7 nitrogen and oxygen atoms in total. The van der Waals surface area contributed by atoms with E-state index in [1.165, 1.54) is 0 Å². The van der Waals surface area contributed by atoms with Crippen LogP contribution in [-0.4, -0.2) is 54.9 Å². The molecule has 0 aliphatic heterocycles. The summed E-state index contributed by atoms with van der Waals surface area (Å²) in [4.78, 5) is 14.6. The Hall–Kier alpha value is -1.63. The molecular weight excluding hydrogens is 258 g/mol. The number of nitrogens with zero attached hydrogens (tertiary/aromatic N) is 4. The topological polar surface area (TPSA) is 72.4 Å². The number of hydrogen-bond donors (Lipinski definition) is 1. The third-order valence-corrected chi connectivity index (χ3v) is 2.30. The van der Waals surface area contributed by atoms with Crippen LogP contribution in [-0.2, 0) is 4.74 Å². The zero-order chi connectivity index (χ0) is 15.0. The van der Waals surface area contributed by atoms with Crippen molar-refractivity contribution in [3.05, 3.63) is 0 Å². The SMILES string of the molecule is CCCNc1nc(OCCOC(C)C)nc(N(C)C)n1. The van der Waals surface area contributed by atoms with Crippen molar-refractivity contribution >= 4 is 11.9 Å². The maximum atomic E-state index is 5.51. The molecule has 0 aromatic carbocycles. The summed E-state index contributed by atoms with van der Waals surface area (Å²) >= 11 is 0. The summed E-state index contributed by atoms with van der Waals surface area (Å²) in [6.45, 7) is 7.80. The molecule has 7 heteroatoms. The molecule has 0 spiro atoms. The third-order valence-electron chi connectivity index (χ3n) is 2.30. The smallest absolute Gasteiger partial charge is 0.323 e. The first-order chi connectivity index (χ1) is 9.52. The zero-order valence-electron chi connectivity index (χ0n) is 13.0. The van der Waals surface area contributed by atoms with Gasteiger partial charge >= 0.3 is 6.01 Å². The average Bonchev–Trinajstić information content (AvgIpc) is 2.41. The second kappa shape index (κ2) is 8.52. The lowest BCUT2D eigenvalue weighted by Crippen LogP contribution is -2.18. The fourth-order valence-electron chi connectivity index (χ4n) is 1.34. The molecule has 0 saturated carbocycles. The standard InChI is InChI=1S/C13H25N5O2/c1-6-7-14-11-15-12(18(4)5)17-13(16-11)20-9-8-19-10(2)3/h10H,6-9H2,1-5H3,(H,14,15,16,17). The normalized spacial score (nSPS) is 10.7. The van der Waals surface area contributed by atoms with Gasteiger partial charge in [0.15, 0.2) is 0 Å². The monoisotopic (exact) mass is 283 g/mol. The summed E-state index contributed by atoms with van der Waals surface area (Å²) in [5, 5.41) is 3.14. The number of anilines is 2. The minimum absolute atomic E-state index is 0.191. The Balaban J connectivity index is 2.65. The van der Waals surface area contributed by atoms with Crippen LogP contribution in [0.25, 0.3) is 0 Å². The summed E-state index contributed by atoms with van der Waals surface area (Å²) in [6.07, 6.45) is 1.19. The zero-order valence-corrected chi connectivity index (χ0v) is 13.0. The molecule has 0 fully saturated rings. The molecule has 20 heavy (non-hydrogen) atoms. The fraction of sp³-hybridized carbons (Fsp3) is 0.769. The molecule has 0 atom stereocenters. The largest absolute Gasteiger partial charge is 0.461 e. The minimum Gasteiger partial charge on any atom is -0.461 e. The van der Waals surface area contributed by atoms with Gasteiger partial charge in [0, 0.05) is 20.6 Å². The van der Waals surface area contributed by atoms with Crippen molar-refractivity contribution in [3.8, 4) is 6.01 Å². The van der Waals surface area contributed by atoms with E-state index in [1.54, 1.807) is 0 Å². The van der Waals surface area contributed by atoms with Crippen molar-refractivity contribution in [2.75, 3.05) is 44.1 Å². The number of aromatic nitrogens is 3. The molecule has 0 saturated heterocycles. The van der Waals surface area contributed by atoms with E-state index in [0.29, 0.717) is 31.1 Å². The second-order valence-corrected chi connectivity index (χ2v) is 4.83. The van der Waals surface area contributed by atoms with Gasteiger partial charge in [-0.25, -0.2) is 0 Å². The van der Waals surface area contributed by atoms with Crippen LogP contribution in [0.1, 0.15) is 27.2 Å². The van der Waals surface area contributed by atoms with Crippen molar-refractivity contribution in [3.63, 3.8) is 0 Å². The molecule has 114 valence electrons. The van der Waals surface area contributed by atoms with Crippen LogP contribution in [0.2, 0.25) is 0 Å². The first-order valence-electron chi connectivity index (χ1n) is 6.94. The summed E-state index contributed by atoms with van der Waals surface area (Å²) in [5.41, 5.74) is 0. The van der Waals surface area contributed by atoms with Gasteiger partial charge in [0.1, 0.15) is 6.61 Å². The van der Waals surface area contributed by atoms with E-state index in [2.05, 4.69) is 27.2 Å². The summed E-state index contributed by atoms with van der Waals surface area (Å²) < 4.78 is 10.9. The Morgan fingerprint density at radius 3 is 2.50 bits per heavy atom. The molecule has 0 amide bonds. The number of ether oxygens (including phenoxy) is 2. The van der Waals surface area contributed by atoms with Gasteiger partial charge in [-0.1, -0.05) is 6.92 Å². The van der Waals surface area contributed by atoms with Crippen LogP contribution in [0.5, 0.6) is 6.01 Å². The molecule has 1 N–H and O–H groups in total. The van der Waals surface area contributed by atoms with Gasteiger partial charge in [-0.05, 0) is 20.3 Å². The van der Waals surface area contributed by atoms with Crippen LogP contribution < -0.4 is 15.0 Å². The Morgan fingerprint density at radius 2 is 1.90 bits per heavy atom. The van der Waals surface area contributed by atoms with Gasteiger partial charge in [0.05, 0.1) is 12.7 Å². The first kappa shape index (κ1) is 16.4. The molecule has 0 radical (unpaired) electrons. The van der Waals surface area contributed by atoms with Crippen molar-refractivity contribution in [2.24, 2.45) is 0 Å². The Bertz CT molecular complexity index is 398. The van der Waals surface area contributed by atoms with Crippen LogP contribution in [0, 0.1) is 0 Å². The van der Waals surface area contributed by atoms with Gasteiger partial charge in [-0.2, -0.15) is 15.0 Å². The maximum absolute atomic E-state index is 5.51. The number of hydrogen-bond acceptors (Lipinski definition) is 7. The molecule has 1 aromatic heterocycles. The molecule has 0 aliphatic rings. The lowest BCUT2D eigenvalue weighted by molar-refractivity contribution is 0.0531. The predicted octanol–water partition coefficient (Wildman–Crippen LogP) is 1.56. The molecule has 1 rings (SSSR count). The third kappa shape index (κ3) is 6.01. The van der Waals surface area contributed by atoms with Crippen LogP contribution in [0.4, 0.5) is 11.9 Å². The summed E-state index contributed by atoms with van der Waals surface area (Å²) in [6, 6.07) is 0.314. The maximum Gasteiger partial charge on any atom is 0.323 e. The highest BCUT2D eigenvalue weighted by Gasteiger charge is 2.09. The molecule has 0 aliphatic carbocycles. The van der Waals surface area contributed by atoms with Crippen molar-refractivity contribution < 1.29 is 9.47 Å². The van der Waals surface area contributed by atoms with E-state index in [-0.39, 0.29) is 6.10 Å². The van der Waals surface area contributed by atoms with E-state index >= 15 is 0 Å². The van der Waals surface area contributed by atoms with Crippen LogP contribution >= 0.6 is 0 Å². The lowest BCUT2D eigenvalue weighted by atomic mass is 10.5. The minimum atomic E-state index is 0.191. The van der Waals surface area contributed by atoms with Crippen molar-refractivity contribution in [1.29, 1.82) is 0 Å². The molecule has 1 aromatic rings. The summed E-state index contributed by atoms with van der Waals surface area (Å²) in [5.74, 6) is 1.10. The molecular formula is C13H25N5O2. The highest BCUT2D eigenvalue weighted by Crippen LogP contribution is 2.13. The predicted molar refractivity (Wildman–Crippen MR) is 79.5 cm³/mol. The van der Waals surface area contributed by atoms with Crippen molar-refractivity contribution in [2.45, 2.75) is 33.3 Å². The molecule has 0 unspecified atom stereocenters. The van der Waals surface area contributed by atoms with E-state index in [1.807, 2.05) is 32.8 Å². The highest BCUT2D eigenvalue weighted by atomic mass is 16.5. The van der Waals surface area contributed by atoms with Gasteiger partial charge < -0.3 is 19.7 Å². The van der Waals surface area contributed by atoms with Gasteiger partial charge in [0.25, 0.3) is 0 Å². The van der Waals surface area contributed by atoms with E-state index < -0.39 is 0 Å². The summed E-state index contributed by atoms with van der Waals surface area (Å²) in [7, 11) is 3.76. The second-order valence-electron chi connectivity index (χ2n) is 4.83. The van der Waals surface area contributed by atoms with Gasteiger partial charge in [0.2, 0.25) is 11.9 Å². The Morgan fingerprint density at radius 1 is 1.15 bits per heavy atom. The molecule has 1 heterocycles. The van der Waals surface area contributed by atoms with Gasteiger partial charge in [-0.15, -0.1) is 0 Å². The Kier molecular flexibility index (Phi) is 7.00. The fourth-order valence-corrected chi connectivity index (χ4v) is 1.34. The first-order valence-corrected chi connectivity index (χ1v) is 6.94. The van der Waals surface area contributed by atoms with Crippen LogP contribution in [0.3, 0.4) is 0 Å². The van der Waals surface area contributed by atoms with Crippen LogP contribution in [0.15, 0.2) is 0 Å². The molecule has 0 bridgehead atoms. The van der Waals surface area contributed by atoms with Gasteiger partial charge in [-0.3, -0.25) is 0 Å². The Labute approximate surface area is 120 Å². The number of rotatable bonds is 9. The number of nitrogens with one attached hydrogen (secondary N) is 1. The van der Waals surface area contributed by atoms with E-state index in [0.717, 1.165) is 13.0 Å².